The largest absolute Gasteiger partial charge is 0.462 e. The summed E-state index contributed by atoms with van der Waals surface area (Å²) in [5.41, 5.74) is 7.30. The van der Waals surface area contributed by atoms with E-state index < -0.39 is 0 Å². The number of nitrogen functional groups attached to an aromatic ring is 1. The number of furan rings is 1. The maximum Gasteiger partial charge on any atom is 0.180 e. The van der Waals surface area contributed by atoms with Gasteiger partial charge in [-0.15, -0.1) is 11.3 Å². The number of hydrogen-bond acceptors (Lipinski definition) is 5. The van der Waals surface area contributed by atoms with Gasteiger partial charge in [0.2, 0.25) is 0 Å². The molecule has 0 spiro atoms. The minimum absolute atomic E-state index is 0.517. The SMILES string of the molecule is COCc1ccoc1-c1csc(N)n1. The molecule has 0 fully saturated rings. The van der Waals surface area contributed by atoms with Gasteiger partial charge in [0.25, 0.3) is 0 Å². The van der Waals surface area contributed by atoms with E-state index in [0.717, 1.165) is 17.0 Å². The van der Waals surface area contributed by atoms with E-state index in [0.29, 0.717) is 11.7 Å². The van der Waals surface area contributed by atoms with Gasteiger partial charge in [0.05, 0.1) is 12.9 Å². The second-order valence-corrected chi connectivity index (χ2v) is 3.67. The van der Waals surface area contributed by atoms with Crippen molar-refractivity contribution in [2.24, 2.45) is 0 Å². The van der Waals surface area contributed by atoms with Crippen LogP contribution in [0.5, 0.6) is 0 Å². The molecule has 4 nitrogen and oxygen atoms in total. The Morgan fingerprint density at radius 3 is 3.14 bits per heavy atom. The van der Waals surface area contributed by atoms with Gasteiger partial charge in [0.15, 0.2) is 10.9 Å². The van der Waals surface area contributed by atoms with Crippen LogP contribution >= 0.6 is 11.3 Å². The molecule has 14 heavy (non-hydrogen) atoms. The summed E-state index contributed by atoms with van der Waals surface area (Å²) < 4.78 is 10.4. The highest BCUT2D eigenvalue weighted by molar-refractivity contribution is 7.13. The first-order valence-electron chi connectivity index (χ1n) is 4.08. The molecule has 2 heterocycles. The molecule has 0 aliphatic carbocycles. The van der Waals surface area contributed by atoms with Crippen LogP contribution in [-0.2, 0) is 11.3 Å². The van der Waals surface area contributed by atoms with Crippen LogP contribution in [0.3, 0.4) is 0 Å². The Bertz CT molecular complexity index is 422. The van der Waals surface area contributed by atoms with Crippen molar-refractivity contribution in [3.05, 3.63) is 23.3 Å². The van der Waals surface area contributed by atoms with E-state index in [-0.39, 0.29) is 0 Å². The molecule has 0 saturated carbocycles. The zero-order valence-electron chi connectivity index (χ0n) is 7.69. The molecule has 0 amide bonds. The van der Waals surface area contributed by atoms with Gasteiger partial charge in [-0.25, -0.2) is 4.98 Å². The molecule has 0 aliphatic rings. The summed E-state index contributed by atoms with van der Waals surface area (Å²) in [6, 6.07) is 1.87. The number of ether oxygens (including phenoxy) is 1. The molecule has 0 aliphatic heterocycles. The van der Waals surface area contributed by atoms with Crippen molar-refractivity contribution in [3.63, 3.8) is 0 Å². The molecule has 0 unspecified atom stereocenters. The van der Waals surface area contributed by atoms with Crippen molar-refractivity contribution < 1.29 is 9.15 Å². The fourth-order valence-electron chi connectivity index (χ4n) is 1.22. The van der Waals surface area contributed by atoms with Crippen LogP contribution in [0.15, 0.2) is 22.1 Å². The summed E-state index contributed by atoms with van der Waals surface area (Å²) in [4.78, 5) is 4.14. The summed E-state index contributed by atoms with van der Waals surface area (Å²) in [5, 5.41) is 2.41. The second kappa shape index (κ2) is 3.81. The Labute approximate surface area is 85.3 Å². The Balaban J connectivity index is 2.36. The first-order valence-corrected chi connectivity index (χ1v) is 4.96. The molecule has 0 bridgehead atoms. The standard InChI is InChI=1S/C9H10N2O2S/c1-12-4-6-2-3-13-8(6)7-5-14-9(10)11-7/h2-3,5H,4H2,1H3,(H2,10,11). The molecule has 0 saturated heterocycles. The molecule has 2 aromatic heterocycles. The third-order valence-electron chi connectivity index (χ3n) is 1.80. The smallest absolute Gasteiger partial charge is 0.180 e. The maximum absolute atomic E-state index is 5.54. The molecule has 0 radical (unpaired) electrons. The summed E-state index contributed by atoms with van der Waals surface area (Å²) in [5.74, 6) is 0.736. The lowest BCUT2D eigenvalue weighted by Crippen LogP contribution is -1.88. The van der Waals surface area contributed by atoms with Crippen molar-refractivity contribution in [1.82, 2.24) is 4.98 Å². The number of hydrogen-bond donors (Lipinski definition) is 1. The molecule has 0 aromatic carbocycles. The summed E-state index contributed by atoms with van der Waals surface area (Å²) in [7, 11) is 1.65. The van der Waals surface area contributed by atoms with Crippen molar-refractivity contribution in [2.45, 2.75) is 6.61 Å². The van der Waals surface area contributed by atoms with E-state index in [1.807, 2.05) is 11.4 Å². The Morgan fingerprint density at radius 1 is 1.64 bits per heavy atom. The van der Waals surface area contributed by atoms with Crippen LogP contribution in [0.2, 0.25) is 0 Å². The van der Waals surface area contributed by atoms with Gasteiger partial charge in [-0.05, 0) is 6.07 Å². The minimum Gasteiger partial charge on any atom is -0.462 e. The van der Waals surface area contributed by atoms with Crippen LogP contribution in [0.25, 0.3) is 11.5 Å². The second-order valence-electron chi connectivity index (χ2n) is 2.78. The minimum atomic E-state index is 0.517. The van der Waals surface area contributed by atoms with Gasteiger partial charge in [-0.3, -0.25) is 0 Å². The van der Waals surface area contributed by atoms with E-state index in [1.54, 1.807) is 13.4 Å². The number of anilines is 1. The zero-order valence-corrected chi connectivity index (χ0v) is 8.50. The lowest BCUT2D eigenvalue weighted by atomic mass is 10.2. The van der Waals surface area contributed by atoms with Gasteiger partial charge in [-0.2, -0.15) is 0 Å². The molecule has 2 N–H and O–H groups in total. The third-order valence-corrected chi connectivity index (χ3v) is 2.48. The summed E-state index contributed by atoms with van der Waals surface area (Å²) in [6.45, 7) is 0.517. The predicted octanol–water partition coefficient (Wildman–Crippen LogP) is 2.13. The van der Waals surface area contributed by atoms with Gasteiger partial charge < -0.3 is 14.9 Å². The Hall–Kier alpha value is -1.33. The van der Waals surface area contributed by atoms with Gasteiger partial charge in [-0.1, -0.05) is 0 Å². The normalized spacial score (nSPS) is 10.6. The van der Waals surface area contributed by atoms with E-state index in [9.17, 15) is 0 Å². The fourth-order valence-corrected chi connectivity index (χ4v) is 1.76. The highest BCUT2D eigenvalue weighted by atomic mass is 32.1. The molecule has 74 valence electrons. The zero-order chi connectivity index (χ0) is 9.97. The Morgan fingerprint density at radius 2 is 2.50 bits per heavy atom. The Kier molecular flexibility index (Phi) is 2.51. The summed E-state index contributed by atoms with van der Waals surface area (Å²) >= 11 is 1.40. The molecule has 5 heteroatoms. The van der Waals surface area contributed by atoms with Crippen LogP contribution in [0, 0.1) is 0 Å². The van der Waals surface area contributed by atoms with Crippen LogP contribution in [-0.4, -0.2) is 12.1 Å². The molecule has 2 rings (SSSR count). The number of aromatic nitrogens is 1. The lowest BCUT2D eigenvalue weighted by Gasteiger charge is -1.97. The maximum atomic E-state index is 5.54. The van der Waals surface area contributed by atoms with E-state index in [4.69, 9.17) is 14.9 Å². The van der Waals surface area contributed by atoms with Crippen LogP contribution < -0.4 is 5.73 Å². The van der Waals surface area contributed by atoms with Gasteiger partial charge in [0.1, 0.15) is 5.69 Å². The van der Waals surface area contributed by atoms with Crippen LogP contribution in [0.1, 0.15) is 5.56 Å². The predicted molar refractivity (Wildman–Crippen MR) is 54.9 cm³/mol. The van der Waals surface area contributed by atoms with Crippen molar-refractivity contribution in [3.8, 4) is 11.5 Å². The molecule has 2 aromatic rings. The van der Waals surface area contributed by atoms with E-state index in [2.05, 4.69) is 4.98 Å². The fraction of sp³-hybridized carbons (Fsp3) is 0.222. The molecular weight excluding hydrogens is 200 g/mol. The van der Waals surface area contributed by atoms with Crippen molar-refractivity contribution in [2.75, 3.05) is 12.8 Å². The average Bonchev–Trinajstić information content (AvgIpc) is 2.74. The summed E-state index contributed by atoms with van der Waals surface area (Å²) in [6.07, 6.45) is 1.62. The highest BCUT2D eigenvalue weighted by Crippen LogP contribution is 2.27. The van der Waals surface area contributed by atoms with Crippen LogP contribution in [0.4, 0.5) is 5.13 Å². The highest BCUT2D eigenvalue weighted by Gasteiger charge is 2.11. The van der Waals surface area contributed by atoms with Gasteiger partial charge in [0, 0.05) is 18.1 Å². The van der Waals surface area contributed by atoms with Crippen molar-refractivity contribution in [1.29, 1.82) is 0 Å². The quantitative estimate of drug-likeness (QED) is 0.843. The van der Waals surface area contributed by atoms with Crippen molar-refractivity contribution >= 4 is 16.5 Å². The number of methoxy groups -OCH3 is 1. The van der Waals surface area contributed by atoms with E-state index >= 15 is 0 Å². The average molecular weight is 210 g/mol. The number of rotatable bonds is 3. The third kappa shape index (κ3) is 1.64. The topological polar surface area (TPSA) is 61.3 Å². The molecular formula is C9H10N2O2S. The lowest BCUT2D eigenvalue weighted by molar-refractivity contribution is 0.185. The number of nitrogens with zero attached hydrogens (tertiary/aromatic N) is 1. The first kappa shape index (κ1) is 9.23. The first-order chi connectivity index (χ1) is 6.81. The number of thiazole rings is 1. The number of nitrogens with two attached hydrogens (primary N) is 1. The monoisotopic (exact) mass is 210 g/mol. The van der Waals surface area contributed by atoms with Gasteiger partial charge >= 0.3 is 0 Å². The molecule has 0 atom stereocenters. The van der Waals surface area contributed by atoms with E-state index in [1.165, 1.54) is 11.3 Å².